The van der Waals surface area contributed by atoms with Gasteiger partial charge >= 0.3 is 0 Å². The zero-order chi connectivity index (χ0) is 13.5. The van der Waals surface area contributed by atoms with E-state index in [1.807, 2.05) is 6.92 Å². The summed E-state index contributed by atoms with van der Waals surface area (Å²) < 4.78 is 0. The molecular formula is C14H24N2OS. The smallest absolute Gasteiger partial charge is 0.220 e. The molecule has 0 bridgehead atoms. The predicted molar refractivity (Wildman–Crippen MR) is 77.7 cm³/mol. The molecule has 4 heteroatoms. The third-order valence-electron chi connectivity index (χ3n) is 3.09. The van der Waals surface area contributed by atoms with Gasteiger partial charge in [0, 0.05) is 16.2 Å². The van der Waals surface area contributed by atoms with Crippen LogP contribution in [0.2, 0.25) is 0 Å². The number of carbonyl (C=O) groups excluding carboxylic acids is 1. The lowest BCUT2D eigenvalue weighted by atomic mass is 10.0. The molecule has 0 saturated carbocycles. The number of carbonyl (C=O) groups is 1. The summed E-state index contributed by atoms with van der Waals surface area (Å²) in [4.78, 5) is 14.3. The Labute approximate surface area is 114 Å². The lowest BCUT2D eigenvalue weighted by molar-refractivity contribution is -0.122. The molecule has 0 aliphatic rings. The molecule has 3 N–H and O–H groups in total. The number of hydrogen-bond donors (Lipinski definition) is 2. The molecule has 1 rings (SSSR count). The van der Waals surface area contributed by atoms with Gasteiger partial charge in [-0.25, -0.2) is 0 Å². The summed E-state index contributed by atoms with van der Waals surface area (Å²) >= 11 is 1.74. The van der Waals surface area contributed by atoms with E-state index in [0.29, 0.717) is 18.9 Å². The van der Waals surface area contributed by atoms with Crippen molar-refractivity contribution in [2.45, 2.75) is 46.1 Å². The Morgan fingerprint density at radius 3 is 2.67 bits per heavy atom. The lowest BCUT2D eigenvalue weighted by Gasteiger charge is -2.14. The summed E-state index contributed by atoms with van der Waals surface area (Å²) in [6.07, 6.45) is 2.50. The van der Waals surface area contributed by atoms with Crippen molar-refractivity contribution in [3.8, 4) is 0 Å². The van der Waals surface area contributed by atoms with E-state index < -0.39 is 0 Å². The maximum absolute atomic E-state index is 11.8. The average Bonchev–Trinajstić information content (AvgIpc) is 2.74. The van der Waals surface area contributed by atoms with Crippen molar-refractivity contribution in [3.63, 3.8) is 0 Å². The standard InChI is InChI=1S/C14H24N2OS/c1-10(8-9-15)4-7-14(17)16-12(3)13-6-5-11(2)18-13/h5-6,10,12H,4,7-9,15H2,1-3H3,(H,16,17). The van der Waals surface area contributed by atoms with E-state index >= 15 is 0 Å². The minimum Gasteiger partial charge on any atom is -0.349 e. The normalized spacial score (nSPS) is 14.2. The number of nitrogens with one attached hydrogen (secondary N) is 1. The molecule has 1 aromatic rings. The van der Waals surface area contributed by atoms with Crippen LogP contribution < -0.4 is 11.1 Å². The predicted octanol–water partition coefficient (Wildman–Crippen LogP) is 3.00. The summed E-state index contributed by atoms with van der Waals surface area (Å²) in [6, 6.07) is 4.29. The minimum atomic E-state index is 0.112. The van der Waals surface area contributed by atoms with E-state index in [0.717, 1.165) is 12.8 Å². The van der Waals surface area contributed by atoms with Crippen molar-refractivity contribution in [1.29, 1.82) is 0 Å². The van der Waals surface area contributed by atoms with Crippen LogP contribution in [0.15, 0.2) is 12.1 Å². The second-order valence-electron chi connectivity index (χ2n) is 4.96. The van der Waals surface area contributed by atoms with Crippen LogP contribution in [0, 0.1) is 12.8 Å². The Morgan fingerprint density at radius 1 is 1.39 bits per heavy atom. The Morgan fingerprint density at radius 2 is 2.11 bits per heavy atom. The SMILES string of the molecule is Cc1ccc(C(C)NC(=O)CCC(C)CCN)s1. The summed E-state index contributed by atoms with van der Waals surface area (Å²) in [5.74, 6) is 0.664. The van der Waals surface area contributed by atoms with Gasteiger partial charge in [0.25, 0.3) is 0 Å². The highest BCUT2D eigenvalue weighted by molar-refractivity contribution is 7.12. The summed E-state index contributed by atoms with van der Waals surface area (Å²) in [5.41, 5.74) is 5.50. The van der Waals surface area contributed by atoms with Gasteiger partial charge in [-0.15, -0.1) is 11.3 Å². The number of nitrogens with two attached hydrogens (primary N) is 1. The molecule has 102 valence electrons. The molecular weight excluding hydrogens is 244 g/mol. The molecule has 1 amide bonds. The molecule has 0 spiro atoms. The van der Waals surface area contributed by atoms with E-state index in [1.54, 1.807) is 11.3 Å². The van der Waals surface area contributed by atoms with Gasteiger partial charge in [-0.3, -0.25) is 4.79 Å². The molecule has 0 saturated heterocycles. The maximum Gasteiger partial charge on any atom is 0.220 e. The largest absolute Gasteiger partial charge is 0.349 e. The lowest BCUT2D eigenvalue weighted by Crippen LogP contribution is -2.26. The van der Waals surface area contributed by atoms with Gasteiger partial charge in [-0.2, -0.15) is 0 Å². The van der Waals surface area contributed by atoms with Crippen molar-refractivity contribution in [2.24, 2.45) is 11.7 Å². The summed E-state index contributed by atoms with van der Waals surface area (Å²) in [6.45, 7) is 6.96. The number of amides is 1. The Balaban J connectivity index is 2.31. The van der Waals surface area contributed by atoms with Crippen molar-refractivity contribution in [1.82, 2.24) is 5.32 Å². The second-order valence-corrected chi connectivity index (χ2v) is 6.28. The van der Waals surface area contributed by atoms with E-state index in [-0.39, 0.29) is 11.9 Å². The van der Waals surface area contributed by atoms with Crippen LogP contribution in [0.25, 0.3) is 0 Å². The van der Waals surface area contributed by atoms with Crippen LogP contribution in [0.4, 0.5) is 0 Å². The van der Waals surface area contributed by atoms with Crippen LogP contribution >= 0.6 is 11.3 Å². The molecule has 2 atom stereocenters. The van der Waals surface area contributed by atoms with E-state index in [4.69, 9.17) is 5.73 Å². The highest BCUT2D eigenvalue weighted by atomic mass is 32.1. The highest BCUT2D eigenvalue weighted by Gasteiger charge is 2.12. The van der Waals surface area contributed by atoms with E-state index in [1.165, 1.54) is 9.75 Å². The third-order valence-corrected chi connectivity index (χ3v) is 4.27. The molecule has 0 aromatic carbocycles. The van der Waals surface area contributed by atoms with Crippen molar-refractivity contribution < 1.29 is 4.79 Å². The first-order chi connectivity index (χ1) is 8.52. The second kappa shape index (κ2) is 7.54. The van der Waals surface area contributed by atoms with Crippen LogP contribution in [0.5, 0.6) is 0 Å². The zero-order valence-electron chi connectivity index (χ0n) is 11.5. The quantitative estimate of drug-likeness (QED) is 0.798. The molecule has 0 aliphatic heterocycles. The average molecular weight is 268 g/mol. The molecule has 0 aliphatic carbocycles. The third kappa shape index (κ3) is 5.19. The fraction of sp³-hybridized carbons (Fsp3) is 0.643. The fourth-order valence-corrected chi connectivity index (χ4v) is 2.76. The molecule has 1 heterocycles. The molecule has 0 fully saturated rings. The van der Waals surface area contributed by atoms with Crippen LogP contribution in [-0.4, -0.2) is 12.5 Å². The summed E-state index contributed by atoms with van der Waals surface area (Å²) in [7, 11) is 0. The number of hydrogen-bond acceptors (Lipinski definition) is 3. The van der Waals surface area contributed by atoms with Gasteiger partial charge in [0.05, 0.1) is 6.04 Å². The monoisotopic (exact) mass is 268 g/mol. The van der Waals surface area contributed by atoms with Crippen LogP contribution in [0.3, 0.4) is 0 Å². The van der Waals surface area contributed by atoms with E-state index in [9.17, 15) is 4.79 Å². The summed E-state index contributed by atoms with van der Waals surface area (Å²) in [5, 5.41) is 3.05. The van der Waals surface area contributed by atoms with Gasteiger partial charge in [0.15, 0.2) is 0 Å². The number of rotatable bonds is 7. The van der Waals surface area contributed by atoms with Gasteiger partial charge in [0.2, 0.25) is 5.91 Å². The zero-order valence-corrected chi connectivity index (χ0v) is 12.3. The first-order valence-electron chi connectivity index (χ1n) is 6.58. The van der Waals surface area contributed by atoms with Crippen molar-refractivity contribution in [2.75, 3.05) is 6.54 Å². The van der Waals surface area contributed by atoms with Crippen LogP contribution in [-0.2, 0) is 4.79 Å². The molecule has 3 nitrogen and oxygen atoms in total. The fourth-order valence-electron chi connectivity index (χ4n) is 1.88. The van der Waals surface area contributed by atoms with Crippen molar-refractivity contribution >= 4 is 17.2 Å². The first-order valence-corrected chi connectivity index (χ1v) is 7.40. The van der Waals surface area contributed by atoms with Gasteiger partial charge < -0.3 is 11.1 Å². The molecule has 2 unspecified atom stereocenters. The van der Waals surface area contributed by atoms with Gasteiger partial charge in [-0.05, 0) is 51.3 Å². The molecule has 1 aromatic heterocycles. The van der Waals surface area contributed by atoms with Crippen molar-refractivity contribution in [3.05, 3.63) is 21.9 Å². The highest BCUT2D eigenvalue weighted by Crippen LogP contribution is 2.22. The van der Waals surface area contributed by atoms with Gasteiger partial charge in [-0.1, -0.05) is 6.92 Å². The molecule has 0 radical (unpaired) electrons. The topological polar surface area (TPSA) is 55.1 Å². The number of thiophene rings is 1. The van der Waals surface area contributed by atoms with Crippen LogP contribution in [0.1, 0.15) is 48.9 Å². The Kier molecular flexibility index (Phi) is 6.36. The Bertz CT molecular complexity index is 376. The van der Waals surface area contributed by atoms with E-state index in [2.05, 4.69) is 31.3 Å². The first kappa shape index (κ1) is 15.2. The van der Waals surface area contributed by atoms with Gasteiger partial charge in [0.1, 0.15) is 0 Å². The Hall–Kier alpha value is -0.870. The maximum atomic E-state index is 11.8. The number of aryl methyl sites for hydroxylation is 1. The molecule has 18 heavy (non-hydrogen) atoms. The minimum absolute atomic E-state index is 0.112.